The molecule has 2 aromatic rings. The monoisotopic (exact) mass is 366 g/mol. The Hall–Kier alpha value is -1.54. The summed E-state index contributed by atoms with van der Waals surface area (Å²) in [5, 5.41) is 15.2. The molecule has 0 spiro atoms. The van der Waals surface area contributed by atoms with Gasteiger partial charge in [0.25, 0.3) is 0 Å². The minimum Gasteiger partial charge on any atom is -0.467 e. The van der Waals surface area contributed by atoms with Gasteiger partial charge in [-0.3, -0.25) is 4.79 Å². The number of furan rings is 1. The maximum Gasteiger partial charge on any atom is 0.230 e. The van der Waals surface area contributed by atoms with Crippen LogP contribution in [-0.2, 0) is 11.3 Å². The first-order chi connectivity index (χ1) is 11.7. The van der Waals surface area contributed by atoms with Crippen molar-refractivity contribution in [3.8, 4) is 0 Å². The van der Waals surface area contributed by atoms with E-state index in [9.17, 15) is 4.79 Å². The highest BCUT2D eigenvalue weighted by atomic mass is 32.2. The highest BCUT2D eigenvalue weighted by Crippen LogP contribution is 2.26. The summed E-state index contributed by atoms with van der Waals surface area (Å²) in [7, 11) is 0. The van der Waals surface area contributed by atoms with Crippen LogP contribution in [0, 0.1) is 5.92 Å². The van der Waals surface area contributed by atoms with Crippen molar-refractivity contribution >= 4 is 34.1 Å². The fraction of sp³-hybridized carbons (Fsp3) is 0.562. The Balaban J connectivity index is 1.37. The smallest absolute Gasteiger partial charge is 0.230 e. The summed E-state index contributed by atoms with van der Waals surface area (Å²) in [6, 6.07) is 4.10. The number of rotatable bonds is 7. The molecule has 8 heteroatoms. The Morgan fingerprint density at radius 3 is 2.96 bits per heavy atom. The third-order valence-electron chi connectivity index (χ3n) is 4.11. The number of nitrogens with zero attached hydrogens (tertiary/aromatic N) is 2. The van der Waals surface area contributed by atoms with Gasteiger partial charge in [0.1, 0.15) is 5.76 Å². The first-order valence-corrected chi connectivity index (χ1v) is 10.0. The SMILES string of the molecule is CC1CCC(NC(=O)CSc2nnc(NCc3ccco3)s2)CC1. The molecule has 0 aliphatic heterocycles. The Kier molecular flexibility index (Phi) is 6.14. The maximum absolute atomic E-state index is 12.1. The lowest BCUT2D eigenvalue weighted by Crippen LogP contribution is -2.38. The average Bonchev–Trinajstić information content (AvgIpc) is 3.25. The van der Waals surface area contributed by atoms with Gasteiger partial charge in [0, 0.05) is 6.04 Å². The fourth-order valence-electron chi connectivity index (χ4n) is 2.72. The van der Waals surface area contributed by atoms with E-state index in [1.54, 1.807) is 6.26 Å². The first kappa shape index (κ1) is 17.3. The van der Waals surface area contributed by atoms with Crippen molar-refractivity contribution in [2.24, 2.45) is 5.92 Å². The van der Waals surface area contributed by atoms with Crippen LogP contribution in [0.2, 0.25) is 0 Å². The third-order valence-corrected chi connectivity index (χ3v) is 6.12. The number of amides is 1. The van der Waals surface area contributed by atoms with Crippen LogP contribution in [0.4, 0.5) is 5.13 Å². The molecular formula is C16H22N4O2S2. The number of hydrogen-bond donors (Lipinski definition) is 2. The Morgan fingerprint density at radius 2 is 2.21 bits per heavy atom. The van der Waals surface area contributed by atoms with Crippen molar-refractivity contribution in [2.75, 3.05) is 11.1 Å². The molecule has 6 nitrogen and oxygen atoms in total. The lowest BCUT2D eigenvalue weighted by Gasteiger charge is -2.26. The van der Waals surface area contributed by atoms with E-state index in [1.165, 1.54) is 35.9 Å². The predicted octanol–water partition coefficient (Wildman–Crippen LogP) is 3.53. The zero-order valence-corrected chi connectivity index (χ0v) is 15.3. The summed E-state index contributed by atoms with van der Waals surface area (Å²) in [5.41, 5.74) is 0. The molecule has 0 atom stereocenters. The van der Waals surface area contributed by atoms with Gasteiger partial charge in [-0.1, -0.05) is 30.0 Å². The molecule has 0 unspecified atom stereocenters. The number of thioether (sulfide) groups is 1. The highest BCUT2D eigenvalue weighted by molar-refractivity contribution is 8.01. The van der Waals surface area contributed by atoms with E-state index in [-0.39, 0.29) is 5.91 Å². The normalized spacial score (nSPS) is 20.7. The molecule has 0 bridgehead atoms. The predicted molar refractivity (Wildman–Crippen MR) is 96.2 cm³/mol. The van der Waals surface area contributed by atoms with Gasteiger partial charge >= 0.3 is 0 Å². The van der Waals surface area contributed by atoms with Crippen molar-refractivity contribution in [1.29, 1.82) is 0 Å². The Labute approximate surface area is 149 Å². The van der Waals surface area contributed by atoms with Gasteiger partial charge < -0.3 is 15.1 Å². The molecule has 1 amide bonds. The average molecular weight is 367 g/mol. The van der Waals surface area contributed by atoms with Crippen LogP contribution in [0.25, 0.3) is 0 Å². The summed E-state index contributed by atoms with van der Waals surface area (Å²) >= 11 is 2.88. The lowest BCUT2D eigenvalue weighted by atomic mass is 9.87. The van der Waals surface area contributed by atoms with E-state index in [0.717, 1.165) is 34.0 Å². The van der Waals surface area contributed by atoms with E-state index in [1.807, 2.05) is 12.1 Å². The molecule has 2 N–H and O–H groups in total. The molecule has 2 aromatic heterocycles. The van der Waals surface area contributed by atoms with Crippen LogP contribution in [0.3, 0.4) is 0 Å². The molecule has 3 rings (SSSR count). The van der Waals surface area contributed by atoms with E-state index >= 15 is 0 Å². The fourth-order valence-corrected chi connectivity index (χ4v) is 4.28. The van der Waals surface area contributed by atoms with Crippen molar-refractivity contribution in [1.82, 2.24) is 15.5 Å². The van der Waals surface area contributed by atoms with Crippen molar-refractivity contribution < 1.29 is 9.21 Å². The molecule has 1 fully saturated rings. The van der Waals surface area contributed by atoms with Gasteiger partial charge in [-0.05, 0) is 43.7 Å². The quantitative estimate of drug-likeness (QED) is 0.730. The van der Waals surface area contributed by atoms with Crippen LogP contribution in [0.5, 0.6) is 0 Å². The van der Waals surface area contributed by atoms with Crippen molar-refractivity contribution in [3.63, 3.8) is 0 Å². The number of hydrogen-bond acceptors (Lipinski definition) is 7. The van der Waals surface area contributed by atoms with Crippen LogP contribution in [0.1, 0.15) is 38.4 Å². The van der Waals surface area contributed by atoms with Crippen molar-refractivity contribution in [2.45, 2.75) is 49.5 Å². The minimum atomic E-state index is 0.0832. The maximum atomic E-state index is 12.1. The number of anilines is 1. The Bertz CT molecular complexity index is 636. The zero-order valence-electron chi connectivity index (χ0n) is 13.7. The minimum absolute atomic E-state index is 0.0832. The largest absolute Gasteiger partial charge is 0.467 e. The number of aromatic nitrogens is 2. The molecule has 0 saturated heterocycles. The van der Waals surface area contributed by atoms with Gasteiger partial charge in [0.2, 0.25) is 11.0 Å². The summed E-state index contributed by atoms with van der Waals surface area (Å²) in [5.74, 6) is 2.11. The summed E-state index contributed by atoms with van der Waals surface area (Å²) < 4.78 is 6.05. The van der Waals surface area contributed by atoms with E-state index < -0.39 is 0 Å². The van der Waals surface area contributed by atoms with Crippen LogP contribution in [-0.4, -0.2) is 27.9 Å². The standard InChI is InChI=1S/C16H22N4O2S2/c1-11-4-6-12(7-5-11)18-14(21)10-23-16-20-19-15(24-16)17-9-13-3-2-8-22-13/h2-3,8,11-12H,4-7,9-10H2,1H3,(H,17,19)(H,18,21). The van der Waals surface area contributed by atoms with Crippen molar-refractivity contribution in [3.05, 3.63) is 24.2 Å². The lowest BCUT2D eigenvalue weighted by molar-refractivity contribution is -0.119. The summed E-state index contributed by atoms with van der Waals surface area (Å²) in [6.45, 7) is 2.85. The second-order valence-electron chi connectivity index (χ2n) is 6.12. The van der Waals surface area contributed by atoms with Gasteiger partial charge in [0.05, 0.1) is 18.6 Å². The Morgan fingerprint density at radius 1 is 1.38 bits per heavy atom. The van der Waals surface area contributed by atoms with Gasteiger partial charge in [-0.15, -0.1) is 10.2 Å². The van der Waals surface area contributed by atoms with Gasteiger partial charge in [-0.2, -0.15) is 0 Å². The molecule has 130 valence electrons. The molecule has 2 heterocycles. The van der Waals surface area contributed by atoms with E-state index in [4.69, 9.17) is 4.42 Å². The number of nitrogens with one attached hydrogen (secondary N) is 2. The van der Waals surface area contributed by atoms with E-state index in [2.05, 4.69) is 27.8 Å². The van der Waals surface area contributed by atoms with E-state index in [0.29, 0.717) is 18.3 Å². The number of carbonyl (C=O) groups excluding carboxylic acids is 1. The number of carbonyl (C=O) groups is 1. The van der Waals surface area contributed by atoms with Crippen LogP contribution in [0.15, 0.2) is 27.2 Å². The molecule has 1 saturated carbocycles. The second kappa shape index (κ2) is 8.53. The molecule has 1 aliphatic carbocycles. The second-order valence-corrected chi connectivity index (χ2v) is 8.32. The first-order valence-electron chi connectivity index (χ1n) is 8.21. The highest BCUT2D eigenvalue weighted by Gasteiger charge is 2.19. The zero-order chi connectivity index (χ0) is 16.8. The molecule has 0 radical (unpaired) electrons. The molecule has 0 aromatic carbocycles. The van der Waals surface area contributed by atoms with Crippen LogP contribution < -0.4 is 10.6 Å². The van der Waals surface area contributed by atoms with Gasteiger partial charge in [-0.25, -0.2) is 0 Å². The van der Waals surface area contributed by atoms with Crippen LogP contribution >= 0.6 is 23.1 Å². The molecular weight excluding hydrogens is 344 g/mol. The summed E-state index contributed by atoms with van der Waals surface area (Å²) in [6.07, 6.45) is 6.25. The summed E-state index contributed by atoms with van der Waals surface area (Å²) in [4.78, 5) is 12.1. The van der Waals surface area contributed by atoms with Gasteiger partial charge in [0.15, 0.2) is 4.34 Å². The third kappa shape index (κ3) is 5.24. The topological polar surface area (TPSA) is 80.0 Å². The molecule has 24 heavy (non-hydrogen) atoms. The molecule has 1 aliphatic rings.